The number of pyridine rings is 1. The molecule has 6 rings (SSSR count). The minimum atomic E-state index is -5.77. The monoisotopic (exact) mass is 797 g/mol. The van der Waals surface area contributed by atoms with Gasteiger partial charge >= 0.3 is 23.9 Å². The third-order valence-electron chi connectivity index (χ3n) is 8.38. The first kappa shape index (κ1) is 40.5. The van der Waals surface area contributed by atoms with E-state index in [-0.39, 0.29) is 17.4 Å². The molecule has 0 spiro atoms. The summed E-state index contributed by atoms with van der Waals surface area (Å²) in [5.41, 5.74) is 4.02. The number of fused-ring (bicyclic) bond motifs is 6. The van der Waals surface area contributed by atoms with E-state index >= 15 is 0 Å². The summed E-state index contributed by atoms with van der Waals surface area (Å²) in [6.45, 7) is 0.795. The van der Waals surface area contributed by atoms with Crippen molar-refractivity contribution in [2.24, 2.45) is 5.92 Å². The third-order valence-corrected chi connectivity index (χ3v) is 8.66. The highest BCUT2D eigenvalue weighted by Gasteiger charge is 2.54. The molecule has 2 aliphatic heterocycles. The van der Waals surface area contributed by atoms with Crippen molar-refractivity contribution in [3.8, 4) is 0 Å². The van der Waals surface area contributed by atoms with Crippen LogP contribution in [0.25, 0.3) is 0 Å². The molecule has 2 aliphatic rings. The summed E-state index contributed by atoms with van der Waals surface area (Å²) in [7, 11) is 0. The van der Waals surface area contributed by atoms with Crippen LogP contribution in [0.2, 0.25) is 5.02 Å². The summed E-state index contributed by atoms with van der Waals surface area (Å²) in [6, 6.07) is 10.6. The van der Waals surface area contributed by atoms with E-state index in [4.69, 9.17) is 11.6 Å². The molecule has 2 amide bonds. The fourth-order valence-corrected chi connectivity index (χ4v) is 5.79. The number of halogens is 9. The summed E-state index contributed by atoms with van der Waals surface area (Å²) >= 11 is 6.36. The maximum Gasteiger partial charge on any atom is 0.458 e. The molecule has 0 saturated carbocycles. The number of anilines is 5. The molecule has 290 valence electrons. The molecule has 0 aliphatic carbocycles. The molecular formula is C35H28ClF8N7O4. The zero-order valence-corrected chi connectivity index (χ0v) is 28.9. The van der Waals surface area contributed by atoms with E-state index in [0.717, 1.165) is 28.6 Å². The number of amides is 2. The van der Waals surface area contributed by atoms with E-state index < -0.39 is 41.5 Å². The number of Topliss-reactive ketones (excluding diaryl/α,β-unsaturated/α-hetero) is 2. The van der Waals surface area contributed by atoms with Crippen LogP contribution in [-0.2, 0) is 27.2 Å². The molecule has 1 saturated heterocycles. The fourth-order valence-electron chi connectivity index (χ4n) is 5.65. The van der Waals surface area contributed by atoms with Gasteiger partial charge in [-0.15, -0.1) is 0 Å². The van der Waals surface area contributed by atoms with E-state index in [1.807, 2.05) is 24.3 Å². The van der Waals surface area contributed by atoms with Gasteiger partial charge in [0, 0.05) is 43.1 Å². The summed E-state index contributed by atoms with van der Waals surface area (Å²) in [4.78, 5) is 59.8. The maximum atomic E-state index is 14.1. The molecule has 55 heavy (non-hydrogen) atoms. The Morgan fingerprint density at radius 2 is 1.53 bits per heavy atom. The predicted octanol–water partition coefficient (Wildman–Crippen LogP) is 7.52. The van der Waals surface area contributed by atoms with Crippen LogP contribution in [0, 0.1) is 17.6 Å². The Morgan fingerprint density at radius 3 is 2.18 bits per heavy atom. The minimum Gasteiger partial charge on any atom is -0.339 e. The number of alkyl halides is 6. The van der Waals surface area contributed by atoms with Crippen molar-refractivity contribution in [2.75, 3.05) is 29.0 Å². The molecule has 0 radical (unpaired) electrons. The Kier molecular flexibility index (Phi) is 12.3. The smallest absolute Gasteiger partial charge is 0.339 e. The molecule has 3 N–H and O–H groups in total. The van der Waals surface area contributed by atoms with Crippen molar-refractivity contribution in [1.29, 1.82) is 0 Å². The van der Waals surface area contributed by atoms with Gasteiger partial charge in [0.05, 0.1) is 23.6 Å². The van der Waals surface area contributed by atoms with Crippen LogP contribution in [0.3, 0.4) is 0 Å². The number of nitrogens with zero attached hydrogens (tertiary/aromatic N) is 4. The van der Waals surface area contributed by atoms with Crippen molar-refractivity contribution < 1.29 is 54.3 Å². The lowest BCUT2D eigenvalue weighted by molar-refractivity contribution is -0.193. The van der Waals surface area contributed by atoms with Crippen molar-refractivity contribution in [2.45, 2.75) is 44.5 Å². The highest BCUT2D eigenvalue weighted by atomic mass is 35.5. The summed E-state index contributed by atoms with van der Waals surface area (Å²) in [6.07, 6.45) is -3.67. The van der Waals surface area contributed by atoms with Gasteiger partial charge in [0.25, 0.3) is 5.91 Å². The topological polar surface area (TPSA) is 146 Å². The average Bonchev–Trinajstić information content (AvgIpc) is 3.12. The van der Waals surface area contributed by atoms with Crippen LogP contribution in [0.1, 0.15) is 40.7 Å². The maximum absolute atomic E-state index is 14.1. The van der Waals surface area contributed by atoms with Crippen molar-refractivity contribution in [3.63, 3.8) is 0 Å². The molecule has 20 heteroatoms. The van der Waals surface area contributed by atoms with Gasteiger partial charge in [0.15, 0.2) is 5.82 Å². The largest absolute Gasteiger partial charge is 0.458 e. The molecule has 11 nitrogen and oxygen atoms in total. The van der Waals surface area contributed by atoms with Crippen LogP contribution < -0.4 is 16.0 Å². The van der Waals surface area contributed by atoms with E-state index in [9.17, 15) is 54.3 Å². The van der Waals surface area contributed by atoms with E-state index in [2.05, 4.69) is 30.9 Å². The number of likely N-dealkylation sites (tertiary alicyclic amines) is 1. The fraction of sp³-hybridized carbons (Fsp3) is 0.286. The van der Waals surface area contributed by atoms with E-state index in [0.29, 0.717) is 73.7 Å². The molecule has 0 unspecified atom stereocenters. The number of nitrogens with one attached hydrogen (secondary N) is 3. The number of ketones is 2. The van der Waals surface area contributed by atoms with Crippen LogP contribution in [-0.4, -0.2) is 68.7 Å². The number of aryl methyl sites for hydroxylation is 2. The zero-order valence-electron chi connectivity index (χ0n) is 28.1. The first-order valence-electron chi connectivity index (χ1n) is 16.3. The first-order chi connectivity index (χ1) is 25.9. The molecular weight excluding hydrogens is 770 g/mol. The predicted molar refractivity (Wildman–Crippen MR) is 182 cm³/mol. The summed E-state index contributed by atoms with van der Waals surface area (Å²) in [5.74, 6) is -8.11. The number of benzene rings is 2. The Hall–Kier alpha value is -5.72. The number of carbonyl (C=O) groups excluding carboxylic acids is 4. The molecule has 2 aromatic carbocycles. The van der Waals surface area contributed by atoms with Gasteiger partial charge in [-0.3, -0.25) is 24.2 Å². The second kappa shape index (κ2) is 16.7. The standard InChI is InChI=1S/C31H28ClF2N7O2.C4F6O2/c32-25-17-36-31-38-23-11-19(15-35-16-23)1-2-20-13-22(37-29(25)40-31)4-6-27(20)39-28(42)12-18-7-9-41(10-8-18)30(43)24-5-3-21(33)14-26(24)34;5-3(6,7)1(11)2(12)4(8,9)10/h3-6,11,13-18H,1-2,7-10,12H2,(H,39,42)(H2,36,37,38,40);. The van der Waals surface area contributed by atoms with Gasteiger partial charge in [-0.2, -0.15) is 31.3 Å². The Balaban J connectivity index is 0.000000418. The number of aromatic nitrogens is 3. The van der Waals surface area contributed by atoms with Crippen LogP contribution >= 0.6 is 11.6 Å². The number of hydrogen-bond acceptors (Lipinski definition) is 9. The first-order valence-corrected chi connectivity index (χ1v) is 16.7. The molecule has 6 bridgehead atoms. The lowest BCUT2D eigenvalue weighted by Gasteiger charge is -2.32. The van der Waals surface area contributed by atoms with Crippen LogP contribution in [0.4, 0.5) is 64.0 Å². The van der Waals surface area contributed by atoms with Crippen LogP contribution in [0.15, 0.2) is 61.1 Å². The molecule has 4 aromatic rings. The molecule has 0 atom stereocenters. The lowest BCUT2D eigenvalue weighted by atomic mass is 9.92. The quantitative estimate of drug-likeness (QED) is 0.138. The number of hydrogen-bond donors (Lipinski definition) is 3. The average molecular weight is 798 g/mol. The van der Waals surface area contributed by atoms with Gasteiger partial charge < -0.3 is 20.9 Å². The molecule has 4 heterocycles. The van der Waals surface area contributed by atoms with E-state index in [1.165, 1.54) is 12.3 Å². The van der Waals surface area contributed by atoms with E-state index in [1.54, 1.807) is 17.3 Å². The number of carbonyl (C=O) groups is 4. The second-order valence-corrected chi connectivity index (χ2v) is 12.8. The van der Waals surface area contributed by atoms with Crippen molar-refractivity contribution in [3.05, 3.63) is 94.4 Å². The van der Waals surface area contributed by atoms with Crippen molar-refractivity contribution >= 4 is 63.8 Å². The highest BCUT2D eigenvalue weighted by Crippen LogP contribution is 2.31. The highest BCUT2D eigenvalue weighted by molar-refractivity contribution is 6.41. The van der Waals surface area contributed by atoms with Crippen LogP contribution in [0.5, 0.6) is 0 Å². The SMILES string of the molecule is O=C(C(=O)C(F)(F)F)C(F)(F)F.O=C(CC1CCN(C(=O)c2ccc(F)cc2F)CC1)Nc1ccc2cc1CCc1cncc(c1)Nc1ncc(Cl)c(n1)N2. The van der Waals surface area contributed by atoms with Gasteiger partial charge in [-0.05, 0) is 79.1 Å². The second-order valence-electron chi connectivity index (χ2n) is 12.4. The summed E-state index contributed by atoms with van der Waals surface area (Å²) < 4.78 is 94.3. The molecule has 1 fully saturated rings. The number of piperidine rings is 1. The summed E-state index contributed by atoms with van der Waals surface area (Å²) in [5, 5.41) is 9.85. The van der Waals surface area contributed by atoms with Gasteiger partial charge in [-0.1, -0.05) is 11.6 Å². The lowest BCUT2D eigenvalue weighted by Crippen LogP contribution is -2.39. The molecule has 2 aromatic heterocycles. The van der Waals surface area contributed by atoms with Crippen molar-refractivity contribution in [1.82, 2.24) is 19.9 Å². The normalized spacial score (nSPS) is 14.4. The minimum absolute atomic E-state index is 0.0727. The third kappa shape index (κ3) is 10.7. The van der Waals surface area contributed by atoms with Gasteiger partial charge in [0.2, 0.25) is 11.9 Å². The Labute approximate surface area is 311 Å². The zero-order chi connectivity index (χ0) is 40.1. The Bertz CT molecular complexity index is 2080. The van der Waals surface area contributed by atoms with Gasteiger partial charge in [0.1, 0.15) is 16.7 Å². The number of rotatable bonds is 5. The Morgan fingerprint density at radius 1 is 0.836 bits per heavy atom. The van der Waals surface area contributed by atoms with Gasteiger partial charge in [-0.25, -0.2) is 13.8 Å².